The smallest absolute Gasteiger partial charge is 0.224 e. The number of aromatic nitrogens is 2. The van der Waals surface area contributed by atoms with Crippen LogP contribution in [0.5, 0.6) is 0 Å². The summed E-state index contributed by atoms with van der Waals surface area (Å²) >= 11 is 0. The van der Waals surface area contributed by atoms with Gasteiger partial charge in [0.05, 0.1) is 12.1 Å². The Kier molecular flexibility index (Phi) is 4.88. The molecule has 0 radical (unpaired) electrons. The minimum atomic E-state index is -0.00381. The van der Waals surface area contributed by atoms with E-state index in [1.165, 1.54) is 0 Å². The van der Waals surface area contributed by atoms with Crippen LogP contribution in [0.1, 0.15) is 11.1 Å². The highest BCUT2D eigenvalue weighted by molar-refractivity contribution is 5.90. The van der Waals surface area contributed by atoms with E-state index in [4.69, 9.17) is 0 Å². The molecule has 2 heterocycles. The first kappa shape index (κ1) is 16.9. The van der Waals surface area contributed by atoms with Gasteiger partial charge in [0.1, 0.15) is 0 Å². The van der Waals surface area contributed by atoms with Gasteiger partial charge in [0.25, 0.3) is 0 Å². The summed E-state index contributed by atoms with van der Waals surface area (Å²) in [4.78, 5) is 21.1. The zero-order chi connectivity index (χ0) is 18.5. The fourth-order valence-electron chi connectivity index (χ4n) is 3.23. The summed E-state index contributed by atoms with van der Waals surface area (Å²) in [5.41, 5.74) is 3.87. The third-order valence-corrected chi connectivity index (χ3v) is 4.55. The number of carbonyl (C=O) groups is 1. The van der Waals surface area contributed by atoms with E-state index in [2.05, 4.69) is 33.5 Å². The van der Waals surface area contributed by atoms with Crippen LogP contribution < -0.4 is 5.32 Å². The van der Waals surface area contributed by atoms with E-state index >= 15 is 0 Å². The van der Waals surface area contributed by atoms with Crippen LogP contribution in [0.4, 0.5) is 0 Å². The van der Waals surface area contributed by atoms with Gasteiger partial charge in [-0.05, 0) is 40.1 Å². The van der Waals surface area contributed by atoms with E-state index in [9.17, 15) is 4.79 Å². The number of pyridine rings is 2. The van der Waals surface area contributed by atoms with Crippen LogP contribution in [-0.2, 0) is 17.8 Å². The minimum absolute atomic E-state index is 0.00381. The van der Waals surface area contributed by atoms with Gasteiger partial charge in [0.15, 0.2) is 0 Å². The Morgan fingerprint density at radius 3 is 2.48 bits per heavy atom. The van der Waals surface area contributed by atoms with Crippen molar-refractivity contribution in [2.45, 2.75) is 13.0 Å². The van der Waals surface area contributed by atoms with Gasteiger partial charge in [-0.25, -0.2) is 0 Å². The molecule has 0 spiro atoms. The number of carbonyl (C=O) groups excluding carboxylic acids is 1. The predicted octanol–water partition coefficient (Wildman–Crippen LogP) is 4.16. The monoisotopic (exact) mass is 353 g/mol. The second-order valence-corrected chi connectivity index (χ2v) is 6.34. The van der Waals surface area contributed by atoms with E-state index < -0.39 is 0 Å². The number of benzene rings is 2. The lowest BCUT2D eigenvalue weighted by atomic mass is 10.0. The Hall–Kier alpha value is -3.53. The first-order valence-corrected chi connectivity index (χ1v) is 8.89. The number of hydrogen-bond acceptors (Lipinski definition) is 3. The van der Waals surface area contributed by atoms with E-state index in [-0.39, 0.29) is 5.91 Å². The molecule has 132 valence electrons. The number of fused-ring (bicyclic) bond motifs is 1. The average molecular weight is 353 g/mol. The van der Waals surface area contributed by atoms with E-state index in [1.807, 2.05) is 48.5 Å². The van der Waals surface area contributed by atoms with Gasteiger partial charge in [-0.15, -0.1) is 0 Å². The van der Waals surface area contributed by atoms with Crippen molar-refractivity contribution in [2.75, 3.05) is 0 Å². The Morgan fingerprint density at radius 1 is 0.815 bits per heavy atom. The standard InChI is InChI=1S/C23H19N3O/c27-22(15-19-7-3-6-17-5-1-2-9-21(17)19)26-16-20-8-4-12-25-23(20)18-10-13-24-14-11-18/h1-14H,15-16H2,(H,26,27). The fourth-order valence-corrected chi connectivity index (χ4v) is 3.23. The Labute approximate surface area is 157 Å². The van der Waals surface area contributed by atoms with Crippen LogP contribution in [0.15, 0.2) is 85.3 Å². The lowest BCUT2D eigenvalue weighted by Crippen LogP contribution is -2.25. The molecule has 0 saturated heterocycles. The van der Waals surface area contributed by atoms with Crippen LogP contribution in [0.3, 0.4) is 0 Å². The van der Waals surface area contributed by atoms with Crippen molar-refractivity contribution in [3.63, 3.8) is 0 Å². The molecule has 2 aromatic carbocycles. The predicted molar refractivity (Wildman–Crippen MR) is 107 cm³/mol. The number of rotatable bonds is 5. The molecule has 27 heavy (non-hydrogen) atoms. The van der Waals surface area contributed by atoms with Crippen LogP contribution in [0, 0.1) is 0 Å². The summed E-state index contributed by atoms with van der Waals surface area (Å²) in [6.07, 6.45) is 5.60. The largest absolute Gasteiger partial charge is 0.352 e. The molecule has 0 saturated carbocycles. The summed E-state index contributed by atoms with van der Waals surface area (Å²) in [7, 11) is 0. The van der Waals surface area contributed by atoms with Gasteiger partial charge >= 0.3 is 0 Å². The third kappa shape index (κ3) is 3.85. The molecule has 2 aromatic heterocycles. The topological polar surface area (TPSA) is 54.9 Å². The molecule has 1 amide bonds. The Bertz CT molecular complexity index is 1070. The van der Waals surface area contributed by atoms with Crippen molar-refractivity contribution in [3.8, 4) is 11.3 Å². The van der Waals surface area contributed by atoms with Crippen LogP contribution in [0.25, 0.3) is 22.0 Å². The van der Waals surface area contributed by atoms with Gasteiger partial charge in [0.2, 0.25) is 5.91 Å². The van der Waals surface area contributed by atoms with Crippen LogP contribution in [0.2, 0.25) is 0 Å². The number of nitrogens with zero attached hydrogens (tertiary/aromatic N) is 2. The number of hydrogen-bond donors (Lipinski definition) is 1. The normalized spacial score (nSPS) is 10.7. The van der Waals surface area contributed by atoms with E-state index in [0.717, 1.165) is 33.2 Å². The average Bonchev–Trinajstić information content (AvgIpc) is 2.73. The highest BCUT2D eigenvalue weighted by atomic mass is 16.1. The maximum absolute atomic E-state index is 12.5. The lowest BCUT2D eigenvalue weighted by Gasteiger charge is -2.11. The second-order valence-electron chi connectivity index (χ2n) is 6.34. The molecule has 4 aromatic rings. The van der Waals surface area contributed by atoms with Crippen molar-refractivity contribution >= 4 is 16.7 Å². The van der Waals surface area contributed by atoms with Gasteiger partial charge < -0.3 is 5.32 Å². The summed E-state index contributed by atoms with van der Waals surface area (Å²) in [5.74, 6) is -0.00381. The molecule has 0 unspecified atom stereocenters. The summed E-state index contributed by atoms with van der Waals surface area (Å²) < 4.78 is 0. The zero-order valence-corrected chi connectivity index (χ0v) is 14.8. The molecule has 0 bridgehead atoms. The number of nitrogens with one attached hydrogen (secondary N) is 1. The molecule has 0 aliphatic rings. The van der Waals surface area contributed by atoms with Crippen LogP contribution in [-0.4, -0.2) is 15.9 Å². The third-order valence-electron chi connectivity index (χ3n) is 4.55. The molecule has 4 rings (SSSR count). The maximum atomic E-state index is 12.5. The summed E-state index contributed by atoms with van der Waals surface area (Å²) in [6.45, 7) is 0.440. The van der Waals surface area contributed by atoms with E-state index in [1.54, 1.807) is 18.6 Å². The van der Waals surface area contributed by atoms with Crippen molar-refractivity contribution < 1.29 is 4.79 Å². The van der Waals surface area contributed by atoms with Crippen molar-refractivity contribution in [1.29, 1.82) is 0 Å². The van der Waals surface area contributed by atoms with Crippen molar-refractivity contribution in [1.82, 2.24) is 15.3 Å². The van der Waals surface area contributed by atoms with E-state index in [0.29, 0.717) is 13.0 Å². The van der Waals surface area contributed by atoms with Crippen molar-refractivity contribution in [3.05, 3.63) is 96.4 Å². The molecule has 4 nitrogen and oxygen atoms in total. The molecular weight excluding hydrogens is 334 g/mol. The second kappa shape index (κ2) is 7.79. The van der Waals surface area contributed by atoms with Crippen LogP contribution >= 0.6 is 0 Å². The minimum Gasteiger partial charge on any atom is -0.352 e. The lowest BCUT2D eigenvalue weighted by molar-refractivity contribution is -0.120. The highest BCUT2D eigenvalue weighted by Crippen LogP contribution is 2.21. The van der Waals surface area contributed by atoms with Gasteiger partial charge in [-0.3, -0.25) is 14.8 Å². The molecular formula is C23H19N3O. The fraction of sp³-hybridized carbons (Fsp3) is 0.0870. The van der Waals surface area contributed by atoms with Gasteiger partial charge in [-0.1, -0.05) is 48.5 Å². The van der Waals surface area contributed by atoms with Gasteiger partial charge in [0, 0.05) is 30.7 Å². The molecule has 0 fully saturated rings. The summed E-state index contributed by atoms with van der Waals surface area (Å²) in [5, 5.41) is 5.30. The van der Waals surface area contributed by atoms with Gasteiger partial charge in [-0.2, -0.15) is 0 Å². The summed E-state index contributed by atoms with van der Waals surface area (Å²) in [6, 6.07) is 21.9. The Morgan fingerprint density at radius 2 is 1.59 bits per heavy atom. The van der Waals surface area contributed by atoms with Crippen molar-refractivity contribution in [2.24, 2.45) is 0 Å². The molecule has 1 N–H and O–H groups in total. The molecule has 0 aliphatic heterocycles. The maximum Gasteiger partial charge on any atom is 0.224 e. The first-order valence-electron chi connectivity index (χ1n) is 8.89. The molecule has 4 heteroatoms. The Balaban J connectivity index is 1.49. The first-order chi connectivity index (χ1) is 13.3. The quantitative estimate of drug-likeness (QED) is 0.586. The molecule has 0 aliphatic carbocycles. The molecule has 0 atom stereocenters. The number of amides is 1. The SMILES string of the molecule is O=C(Cc1cccc2ccccc12)NCc1cccnc1-c1ccncc1. The zero-order valence-electron chi connectivity index (χ0n) is 14.8. The highest BCUT2D eigenvalue weighted by Gasteiger charge is 2.10.